The number of fused-ring (bicyclic) bond motifs is 2. The molecule has 0 amide bonds. The maximum absolute atomic E-state index is 14.4. The maximum Gasteiger partial charge on any atom is 0.263 e. The topological polar surface area (TPSA) is 137 Å². The summed E-state index contributed by atoms with van der Waals surface area (Å²) in [6.45, 7) is 5.51. The third-order valence-electron chi connectivity index (χ3n) is 7.82. The second-order valence-corrected chi connectivity index (χ2v) is 12.0. The van der Waals surface area contributed by atoms with Crippen LogP contribution in [0.3, 0.4) is 0 Å². The van der Waals surface area contributed by atoms with Crippen LogP contribution in [0.2, 0.25) is 5.02 Å². The minimum absolute atomic E-state index is 0.0902. The van der Waals surface area contributed by atoms with Gasteiger partial charge in [-0.1, -0.05) is 73.7 Å². The number of hydrogen-bond donors (Lipinski definition) is 3. The number of anilines is 1. The van der Waals surface area contributed by atoms with E-state index in [1.165, 1.54) is 6.33 Å². The number of unbranched alkanes of at least 4 members (excludes halogenated alkanes) is 2. The molecule has 10 nitrogen and oxygen atoms in total. The van der Waals surface area contributed by atoms with Crippen LogP contribution < -0.4 is 16.6 Å². The lowest BCUT2D eigenvalue weighted by Gasteiger charge is -2.15. The molecule has 3 aromatic heterocycles. The van der Waals surface area contributed by atoms with Gasteiger partial charge < -0.3 is 16.2 Å². The van der Waals surface area contributed by atoms with Gasteiger partial charge in [0.05, 0.1) is 22.8 Å². The Kier molecular flexibility index (Phi) is 9.47. The third-order valence-corrected chi connectivity index (χ3v) is 8.19. The summed E-state index contributed by atoms with van der Waals surface area (Å²) < 4.78 is 3.28. The van der Waals surface area contributed by atoms with Crippen LogP contribution in [-0.4, -0.2) is 47.0 Å². The highest BCUT2D eigenvalue weighted by molar-refractivity contribution is 6.31. The van der Waals surface area contributed by atoms with Gasteiger partial charge >= 0.3 is 0 Å². The molecule has 6 rings (SSSR count). The van der Waals surface area contributed by atoms with Gasteiger partial charge in [0, 0.05) is 28.6 Å². The van der Waals surface area contributed by atoms with Crippen LogP contribution in [0.4, 0.5) is 5.82 Å². The average Bonchev–Trinajstić information content (AvgIpc) is 3.42. The average molecular weight is 647 g/mol. The molecule has 0 saturated heterocycles. The maximum atomic E-state index is 14.4. The van der Waals surface area contributed by atoms with Gasteiger partial charge in [0.15, 0.2) is 5.65 Å². The van der Waals surface area contributed by atoms with Crippen LogP contribution in [0, 0.1) is 11.8 Å². The molecule has 0 aliphatic carbocycles. The predicted octanol–water partition coefficient (Wildman–Crippen LogP) is 5.76. The van der Waals surface area contributed by atoms with Crippen LogP contribution in [0.25, 0.3) is 33.2 Å². The molecule has 0 bridgehead atoms. The number of nitrogen functional groups attached to an aromatic ring is 1. The summed E-state index contributed by atoms with van der Waals surface area (Å²) in [5.41, 5.74) is 9.66. The molecular weight excluding hydrogens is 612 g/mol. The number of nitrogens with one attached hydrogen (secondary N) is 1. The van der Waals surface area contributed by atoms with Crippen molar-refractivity contribution in [2.24, 2.45) is 0 Å². The summed E-state index contributed by atoms with van der Waals surface area (Å²) in [4.78, 5) is 28.1. The summed E-state index contributed by atoms with van der Waals surface area (Å²) in [7, 11) is 0. The van der Waals surface area contributed by atoms with E-state index in [0.29, 0.717) is 55.6 Å². The number of aromatic hydroxyl groups is 1. The molecular formula is C36H35ClN8O2. The van der Waals surface area contributed by atoms with Crippen molar-refractivity contribution in [2.75, 3.05) is 12.3 Å². The molecule has 3 heterocycles. The normalized spacial score (nSPS) is 11.3. The molecule has 47 heavy (non-hydrogen) atoms. The van der Waals surface area contributed by atoms with E-state index >= 15 is 0 Å². The number of halogens is 1. The van der Waals surface area contributed by atoms with E-state index < -0.39 is 0 Å². The number of aromatic nitrogens is 6. The molecule has 3 aromatic carbocycles. The molecule has 0 atom stereocenters. The van der Waals surface area contributed by atoms with Crippen LogP contribution in [0.5, 0.6) is 5.75 Å². The first kappa shape index (κ1) is 31.7. The summed E-state index contributed by atoms with van der Waals surface area (Å²) in [6.07, 6.45) is 4.10. The van der Waals surface area contributed by atoms with Gasteiger partial charge in [-0.3, -0.25) is 9.36 Å². The molecule has 0 aliphatic rings. The summed E-state index contributed by atoms with van der Waals surface area (Å²) in [5.74, 6) is 7.29. The Morgan fingerprint density at radius 1 is 1.00 bits per heavy atom. The van der Waals surface area contributed by atoms with Crippen molar-refractivity contribution in [1.82, 2.24) is 34.6 Å². The highest BCUT2D eigenvalue weighted by Crippen LogP contribution is 2.32. The lowest BCUT2D eigenvalue weighted by atomic mass is 10.1. The molecule has 238 valence electrons. The van der Waals surface area contributed by atoms with Gasteiger partial charge in [0.25, 0.3) is 5.56 Å². The second kappa shape index (κ2) is 14.0. The minimum Gasteiger partial charge on any atom is -0.508 e. The fourth-order valence-electron chi connectivity index (χ4n) is 5.51. The molecule has 4 N–H and O–H groups in total. The van der Waals surface area contributed by atoms with E-state index in [1.807, 2.05) is 42.5 Å². The van der Waals surface area contributed by atoms with E-state index in [4.69, 9.17) is 27.4 Å². The monoisotopic (exact) mass is 646 g/mol. The molecule has 0 spiro atoms. The van der Waals surface area contributed by atoms with E-state index in [0.717, 1.165) is 31.4 Å². The van der Waals surface area contributed by atoms with Crippen molar-refractivity contribution in [3.8, 4) is 28.8 Å². The quantitative estimate of drug-likeness (QED) is 0.126. The highest BCUT2D eigenvalue weighted by atomic mass is 35.5. The van der Waals surface area contributed by atoms with Crippen molar-refractivity contribution in [2.45, 2.75) is 52.2 Å². The Bertz CT molecular complexity index is 2200. The molecule has 0 saturated carbocycles. The van der Waals surface area contributed by atoms with Gasteiger partial charge in [0.1, 0.15) is 36.0 Å². The standard InChI is InChI=1S/C36H35ClN8O2/c1-23(2)39-18-8-4-3-5-11-24-13-10-17-29-31(24)36(47)44(20-26-12-6-7-16-28(26)37)30(42-29)21-45-35-32(34(38)40-22-41-35)33(43-45)25-14-9-15-27(46)19-25/h6-7,9-10,12-17,19,22-23,39,46H,3-4,8,18,20-21H2,1-2H3,(H2,38,40,41). The first-order valence-electron chi connectivity index (χ1n) is 15.5. The number of hydrogen-bond acceptors (Lipinski definition) is 8. The molecule has 0 radical (unpaired) electrons. The largest absolute Gasteiger partial charge is 0.508 e. The summed E-state index contributed by atoms with van der Waals surface area (Å²) in [5, 5.41) is 20.0. The van der Waals surface area contributed by atoms with Crippen LogP contribution in [0.15, 0.2) is 77.9 Å². The smallest absolute Gasteiger partial charge is 0.263 e. The Balaban J connectivity index is 1.44. The zero-order chi connectivity index (χ0) is 32.9. The van der Waals surface area contributed by atoms with Gasteiger partial charge in [-0.05, 0) is 55.3 Å². The first-order chi connectivity index (χ1) is 22.8. The van der Waals surface area contributed by atoms with Gasteiger partial charge in [0.2, 0.25) is 0 Å². The Morgan fingerprint density at radius 2 is 1.83 bits per heavy atom. The van der Waals surface area contributed by atoms with Crippen molar-refractivity contribution < 1.29 is 5.11 Å². The van der Waals surface area contributed by atoms with Gasteiger partial charge in [-0.2, -0.15) is 5.10 Å². The number of phenolic OH excluding ortho intramolecular Hbond substituents is 1. The van der Waals surface area contributed by atoms with Crippen molar-refractivity contribution >= 4 is 39.4 Å². The number of nitrogens with zero attached hydrogens (tertiary/aromatic N) is 6. The minimum atomic E-state index is -0.227. The zero-order valence-electron chi connectivity index (χ0n) is 26.2. The van der Waals surface area contributed by atoms with Crippen LogP contribution >= 0.6 is 11.6 Å². The second-order valence-electron chi connectivity index (χ2n) is 11.6. The van der Waals surface area contributed by atoms with Crippen molar-refractivity contribution in [3.05, 3.63) is 105 Å². The van der Waals surface area contributed by atoms with E-state index in [1.54, 1.807) is 33.5 Å². The SMILES string of the molecule is CC(C)NCCCCC#Cc1cccc2nc(Cn3nc(-c4cccc(O)c4)c4c(N)ncnc43)n(Cc3ccccc3Cl)c(=O)c12. The van der Waals surface area contributed by atoms with Crippen molar-refractivity contribution in [1.29, 1.82) is 0 Å². The molecule has 0 unspecified atom stereocenters. The highest BCUT2D eigenvalue weighted by Gasteiger charge is 2.21. The lowest BCUT2D eigenvalue weighted by molar-refractivity contribution is 0.475. The first-order valence-corrected chi connectivity index (χ1v) is 15.9. The van der Waals surface area contributed by atoms with Gasteiger partial charge in [-0.25, -0.2) is 19.6 Å². The van der Waals surface area contributed by atoms with E-state index in [-0.39, 0.29) is 30.2 Å². The number of nitrogens with two attached hydrogens (primary N) is 1. The Hall–Kier alpha value is -5.24. The fraction of sp³-hybridized carbons (Fsp3) is 0.250. The number of benzene rings is 3. The molecule has 0 aliphatic heterocycles. The summed E-state index contributed by atoms with van der Waals surface area (Å²) in [6, 6.07) is 20.2. The van der Waals surface area contributed by atoms with Gasteiger partial charge in [-0.15, -0.1) is 0 Å². The van der Waals surface area contributed by atoms with Crippen molar-refractivity contribution in [3.63, 3.8) is 0 Å². The van der Waals surface area contributed by atoms with Crippen LogP contribution in [-0.2, 0) is 13.1 Å². The van der Waals surface area contributed by atoms with E-state index in [9.17, 15) is 9.90 Å². The summed E-state index contributed by atoms with van der Waals surface area (Å²) >= 11 is 6.57. The number of rotatable bonds is 10. The fourth-order valence-corrected chi connectivity index (χ4v) is 5.71. The molecule has 6 aromatic rings. The van der Waals surface area contributed by atoms with Crippen LogP contribution in [0.1, 0.15) is 50.1 Å². The molecule has 11 heteroatoms. The number of phenols is 1. The third kappa shape index (κ3) is 6.97. The Labute approximate surface area is 277 Å². The zero-order valence-corrected chi connectivity index (χ0v) is 27.0. The Morgan fingerprint density at radius 3 is 2.64 bits per heavy atom. The lowest BCUT2D eigenvalue weighted by Crippen LogP contribution is -2.28. The van der Waals surface area contributed by atoms with E-state index in [2.05, 4.69) is 41.0 Å². The molecule has 0 fully saturated rings. The predicted molar refractivity (Wildman–Crippen MR) is 186 cm³/mol.